The average molecular weight is 460 g/mol. The van der Waals surface area contributed by atoms with Gasteiger partial charge in [0.2, 0.25) is 0 Å². The molecule has 1 saturated heterocycles. The number of anilines is 1. The van der Waals surface area contributed by atoms with Crippen LogP contribution in [0.3, 0.4) is 0 Å². The molecule has 2 aromatic carbocycles. The molecule has 0 aliphatic carbocycles. The molecule has 0 spiro atoms. The molecular weight excluding hydrogens is 433 g/mol. The van der Waals surface area contributed by atoms with Crippen molar-refractivity contribution in [3.8, 4) is 0 Å². The van der Waals surface area contributed by atoms with Gasteiger partial charge in [0.1, 0.15) is 5.82 Å². The second-order valence-electron chi connectivity index (χ2n) is 8.44. The summed E-state index contributed by atoms with van der Waals surface area (Å²) in [7, 11) is 0. The molecule has 4 aromatic rings. The number of hydrogen-bond donors (Lipinski definition) is 1. The van der Waals surface area contributed by atoms with E-state index < -0.39 is 0 Å². The van der Waals surface area contributed by atoms with Crippen LogP contribution in [0.25, 0.3) is 16.6 Å². The maximum absolute atomic E-state index is 14.0. The number of carbonyl (C=O) groups excluding carboxylic acids is 1. The van der Waals surface area contributed by atoms with Crippen LogP contribution in [0.15, 0.2) is 71.7 Å². The van der Waals surface area contributed by atoms with E-state index >= 15 is 0 Å². The Morgan fingerprint density at radius 2 is 1.74 bits per heavy atom. The van der Waals surface area contributed by atoms with Gasteiger partial charge >= 0.3 is 0 Å². The first-order chi connectivity index (χ1) is 16.6. The molecule has 1 fully saturated rings. The molecule has 0 radical (unpaired) electrons. The maximum Gasteiger partial charge on any atom is 0.265 e. The number of fused-ring (bicyclic) bond motifs is 2. The molecule has 2 aromatic heterocycles. The van der Waals surface area contributed by atoms with Crippen LogP contribution in [0.2, 0.25) is 0 Å². The van der Waals surface area contributed by atoms with Gasteiger partial charge in [0, 0.05) is 38.9 Å². The summed E-state index contributed by atoms with van der Waals surface area (Å²) >= 11 is 0. The van der Waals surface area contributed by atoms with Crippen LogP contribution >= 0.6 is 0 Å². The smallest absolute Gasteiger partial charge is 0.265 e. The molecule has 0 bridgehead atoms. The Balaban J connectivity index is 1.17. The fraction of sp³-hybridized carbons (Fsp3) is 0.269. The summed E-state index contributed by atoms with van der Waals surface area (Å²) in [6, 6.07) is 17.4. The lowest BCUT2D eigenvalue weighted by Gasteiger charge is -2.36. The van der Waals surface area contributed by atoms with E-state index in [0.29, 0.717) is 34.3 Å². The van der Waals surface area contributed by atoms with Crippen molar-refractivity contribution in [1.29, 1.82) is 0 Å². The topological polar surface area (TPSA) is 70.0 Å². The van der Waals surface area contributed by atoms with Crippen LogP contribution in [0.5, 0.6) is 0 Å². The standard InChI is InChI=1S/C26H26FN5O2/c27-21-9-2-4-11-23(21)31-17-15-30(16-18-31)13-6-12-28-25(33)20-8-5-14-32-24(20)29-22-10-3-1-7-19(22)26(32)34/h1-5,7-11,14H,6,12-13,15-18H2,(H,28,33). The zero-order chi connectivity index (χ0) is 23.5. The summed E-state index contributed by atoms with van der Waals surface area (Å²) in [5.41, 5.74) is 1.77. The molecule has 174 valence electrons. The van der Waals surface area contributed by atoms with Crippen LogP contribution in [-0.2, 0) is 0 Å². The SMILES string of the molecule is O=C(NCCCN1CCN(c2ccccc2F)CC1)c1cccn2c(=O)c3ccccc3nc12. The minimum atomic E-state index is -0.246. The molecule has 8 heteroatoms. The van der Waals surface area contributed by atoms with E-state index in [9.17, 15) is 14.0 Å². The molecule has 0 unspecified atom stereocenters. The first kappa shape index (κ1) is 22.0. The Morgan fingerprint density at radius 1 is 0.971 bits per heavy atom. The summed E-state index contributed by atoms with van der Waals surface area (Å²) in [6.45, 7) is 4.63. The number of aromatic nitrogens is 2. The van der Waals surface area contributed by atoms with Crippen molar-refractivity contribution in [2.75, 3.05) is 44.2 Å². The zero-order valence-electron chi connectivity index (χ0n) is 18.8. The van der Waals surface area contributed by atoms with E-state index in [1.807, 2.05) is 18.2 Å². The van der Waals surface area contributed by atoms with Crippen LogP contribution in [-0.4, -0.2) is 59.5 Å². The van der Waals surface area contributed by atoms with Gasteiger partial charge in [0.15, 0.2) is 5.65 Å². The fourth-order valence-corrected chi connectivity index (χ4v) is 4.47. The van der Waals surface area contributed by atoms with Gasteiger partial charge in [-0.25, -0.2) is 9.37 Å². The van der Waals surface area contributed by atoms with Crippen LogP contribution < -0.4 is 15.8 Å². The molecular formula is C26H26FN5O2. The predicted molar refractivity (Wildman–Crippen MR) is 131 cm³/mol. The third-order valence-electron chi connectivity index (χ3n) is 6.29. The summed E-state index contributed by atoms with van der Waals surface area (Å²) in [5, 5.41) is 3.48. The van der Waals surface area contributed by atoms with Gasteiger partial charge in [0.25, 0.3) is 11.5 Å². The molecule has 1 aliphatic rings. The Hall–Kier alpha value is -3.78. The molecule has 3 heterocycles. The number of benzene rings is 2. The predicted octanol–water partition coefficient (Wildman–Crippen LogP) is 2.93. The number of para-hydroxylation sites is 2. The lowest BCUT2D eigenvalue weighted by atomic mass is 10.2. The molecule has 7 nitrogen and oxygen atoms in total. The third kappa shape index (κ3) is 4.36. The van der Waals surface area contributed by atoms with E-state index in [1.54, 1.807) is 42.6 Å². The second-order valence-corrected chi connectivity index (χ2v) is 8.44. The molecule has 5 rings (SSSR count). The first-order valence-electron chi connectivity index (χ1n) is 11.5. The maximum atomic E-state index is 14.0. The molecule has 0 saturated carbocycles. The Kier molecular flexibility index (Phi) is 6.22. The minimum absolute atomic E-state index is 0.183. The largest absolute Gasteiger partial charge is 0.367 e. The first-order valence-corrected chi connectivity index (χ1v) is 11.5. The molecule has 34 heavy (non-hydrogen) atoms. The van der Waals surface area contributed by atoms with E-state index in [1.165, 1.54) is 10.5 Å². The molecule has 0 atom stereocenters. The Morgan fingerprint density at radius 3 is 2.56 bits per heavy atom. The van der Waals surface area contributed by atoms with Crippen LogP contribution in [0.4, 0.5) is 10.1 Å². The number of hydrogen-bond acceptors (Lipinski definition) is 5. The van der Waals surface area contributed by atoms with Crippen LogP contribution in [0, 0.1) is 5.82 Å². The molecule has 1 N–H and O–H groups in total. The van der Waals surface area contributed by atoms with Crippen molar-refractivity contribution in [3.63, 3.8) is 0 Å². The van der Waals surface area contributed by atoms with Gasteiger partial charge in [-0.05, 0) is 49.4 Å². The van der Waals surface area contributed by atoms with Crippen molar-refractivity contribution in [3.05, 3.63) is 88.6 Å². The summed E-state index contributed by atoms with van der Waals surface area (Å²) < 4.78 is 15.4. The second kappa shape index (κ2) is 9.61. The average Bonchev–Trinajstić information content (AvgIpc) is 2.87. The molecule has 1 amide bonds. The number of amides is 1. The summed E-state index contributed by atoms with van der Waals surface area (Å²) in [6.07, 6.45) is 2.43. The molecule has 1 aliphatic heterocycles. The van der Waals surface area contributed by atoms with Gasteiger partial charge in [-0.15, -0.1) is 0 Å². The monoisotopic (exact) mass is 459 g/mol. The Bertz CT molecular complexity index is 1400. The number of nitrogens with zero attached hydrogens (tertiary/aromatic N) is 4. The van der Waals surface area contributed by atoms with Crippen LogP contribution in [0.1, 0.15) is 16.8 Å². The zero-order valence-corrected chi connectivity index (χ0v) is 18.8. The van der Waals surface area contributed by atoms with E-state index in [2.05, 4.69) is 20.1 Å². The van der Waals surface area contributed by atoms with Gasteiger partial charge in [-0.2, -0.15) is 0 Å². The highest BCUT2D eigenvalue weighted by Gasteiger charge is 2.19. The van der Waals surface area contributed by atoms with Gasteiger partial charge in [0.05, 0.1) is 22.2 Å². The number of carbonyl (C=O) groups is 1. The van der Waals surface area contributed by atoms with Crippen molar-refractivity contribution in [2.45, 2.75) is 6.42 Å². The van der Waals surface area contributed by atoms with Gasteiger partial charge in [-0.3, -0.25) is 18.9 Å². The Labute approximate surface area is 196 Å². The number of piperazine rings is 1. The van der Waals surface area contributed by atoms with E-state index in [-0.39, 0.29) is 17.3 Å². The minimum Gasteiger partial charge on any atom is -0.367 e. The number of rotatable bonds is 6. The third-order valence-corrected chi connectivity index (χ3v) is 6.29. The summed E-state index contributed by atoms with van der Waals surface area (Å²) in [4.78, 5) is 34.6. The number of halogens is 1. The number of pyridine rings is 1. The summed E-state index contributed by atoms with van der Waals surface area (Å²) in [5.74, 6) is -0.429. The fourth-order valence-electron chi connectivity index (χ4n) is 4.47. The lowest BCUT2D eigenvalue weighted by molar-refractivity contribution is 0.0952. The van der Waals surface area contributed by atoms with Gasteiger partial charge in [-0.1, -0.05) is 24.3 Å². The highest BCUT2D eigenvalue weighted by molar-refractivity contribution is 6.00. The van der Waals surface area contributed by atoms with E-state index in [0.717, 1.165) is 39.1 Å². The van der Waals surface area contributed by atoms with E-state index in [4.69, 9.17) is 0 Å². The normalized spacial score (nSPS) is 14.6. The van der Waals surface area contributed by atoms with Gasteiger partial charge < -0.3 is 10.2 Å². The number of nitrogens with one attached hydrogen (secondary N) is 1. The van der Waals surface area contributed by atoms with Crippen molar-refractivity contribution < 1.29 is 9.18 Å². The lowest BCUT2D eigenvalue weighted by Crippen LogP contribution is -2.47. The highest BCUT2D eigenvalue weighted by Crippen LogP contribution is 2.20. The van der Waals surface area contributed by atoms with Crippen molar-refractivity contribution in [1.82, 2.24) is 19.6 Å². The van der Waals surface area contributed by atoms with Crippen molar-refractivity contribution >= 4 is 28.1 Å². The quantitative estimate of drug-likeness (QED) is 0.355. The van der Waals surface area contributed by atoms with Crippen molar-refractivity contribution in [2.24, 2.45) is 0 Å². The highest BCUT2D eigenvalue weighted by atomic mass is 19.1.